The van der Waals surface area contributed by atoms with E-state index in [1.807, 2.05) is 30.3 Å². The predicted octanol–water partition coefficient (Wildman–Crippen LogP) is 1.25. The first-order valence-electron chi connectivity index (χ1n) is 8.14. The highest BCUT2D eigenvalue weighted by Gasteiger charge is 2.55. The Balaban J connectivity index is 1.51. The molecular formula is C19H15N3O4. The summed E-state index contributed by atoms with van der Waals surface area (Å²) in [5, 5.41) is 3.89. The number of carbonyl (C=O) groups is 3. The maximum atomic E-state index is 12.8. The number of carbonyl (C=O) groups excluding carboxylic acids is 3. The lowest BCUT2D eigenvalue weighted by molar-refractivity contribution is -0.137. The van der Waals surface area contributed by atoms with Crippen molar-refractivity contribution in [3.8, 4) is 0 Å². The van der Waals surface area contributed by atoms with Crippen molar-refractivity contribution in [3.05, 3.63) is 66.2 Å². The molecule has 26 heavy (non-hydrogen) atoms. The van der Waals surface area contributed by atoms with Crippen LogP contribution in [0.1, 0.15) is 5.56 Å². The van der Waals surface area contributed by atoms with Crippen LogP contribution in [0.25, 0.3) is 0 Å². The summed E-state index contributed by atoms with van der Waals surface area (Å²) in [6.07, 6.45) is 0. The van der Waals surface area contributed by atoms with Gasteiger partial charge in [0.1, 0.15) is 18.6 Å². The molecule has 2 amide bonds. The average molecular weight is 349 g/mol. The molecule has 2 aromatic rings. The van der Waals surface area contributed by atoms with E-state index in [4.69, 9.17) is 4.74 Å². The number of ether oxygens (including phenoxy) is 1. The minimum absolute atomic E-state index is 0.0669. The fourth-order valence-electron chi connectivity index (χ4n) is 3.09. The van der Waals surface area contributed by atoms with E-state index < -0.39 is 29.7 Å². The minimum atomic E-state index is -0.967. The third-order valence-electron chi connectivity index (χ3n) is 4.36. The Bertz CT molecular complexity index is 896. The number of hydrogen-bond acceptors (Lipinski definition) is 6. The maximum absolute atomic E-state index is 12.8. The normalized spacial score (nSPS) is 21.2. The third-order valence-corrected chi connectivity index (χ3v) is 4.36. The van der Waals surface area contributed by atoms with Gasteiger partial charge in [-0.15, -0.1) is 0 Å². The summed E-state index contributed by atoms with van der Waals surface area (Å²) in [6.45, 7) is 0.0701. The van der Waals surface area contributed by atoms with Crippen LogP contribution in [0.15, 0.2) is 65.8 Å². The van der Waals surface area contributed by atoms with Gasteiger partial charge in [0.15, 0.2) is 5.71 Å². The summed E-state index contributed by atoms with van der Waals surface area (Å²) in [5.74, 6) is -2.58. The van der Waals surface area contributed by atoms with E-state index in [0.29, 0.717) is 5.69 Å². The van der Waals surface area contributed by atoms with Crippen molar-refractivity contribution in [3.63, 3.8) is 0 Å². The summed E-state index contributed by atoms with van der Waals surface area (Å²) >= 11 is 0. The van der Waals surface area contributed by atoms with Gasteiger partial charge in [0.05, 0.1) is 5.69 Å². The summed E-state index contributed by atoms with van der Waals surface area (Å²) in [4.78, 5) is 38.8. The van der Waals surface area contributed by atoms with Crippen LogP contribution in [0.5, 0.6) is 0 Å². The quantitative estimate of drug-likeness (QED) is 0.663. The van der Waals surface area contributed by atoms with E-state index in [1.165, 1.54) is 0 Å². The van der Waals surface area contributed by atoms with Crippen LogP contribution in [-0.2, 0) is 25.7 Å². The van der Waals surface area contributed by atoms with Gasteiger partial charge in [-0.3, -0.25) is 15.0 Å². The van der Waals surface area contributed by atoms with Crippen LogP contribution in [-0.4, -0.2) is 29.5 Å². The van der Waals surface area contributed by atoms with Crippen LogP contribution in [0.3, 0.4) is 0 Å². The zero-order valence-electron chi connectivity index (χ0n) is 13.7. The number of nitrogens with one attached hydrogen (secondary N) is 1. The molecule has 0 aromatic heterocycles. The molecule has 0 spiro atoms. The molecule has 2 atom stereocenters. The van der Waals surface area contributed by atoms with Gasteiger partial charge in [-0.05, 0) is 17.7 Å². The monoisotopic (exact) mass is 349 g/mol. The average Bonchev–Trinajstić information content (AvgIpc) is 3.22. The number of benzene rings is 2. The molecule has 0 unspecified atom stereocenters. The Morgan fingerprint density at radius 3 is 2.35 bits per heavy atom. The Morgan fingerprint density at radius 1 is 1.00 bits per heavy atom. The molecule has 0 radical (unpaired) electrons. The van der Waals surface area contributed by atoms with E-state index >= 15 is 0 Å². The summed E-state index contributed by atoms with van der Waals surface area (Å²) in [6, 6.07) is 16.9. The highest BCUT2D eigenvalue weighted by molar-refractivity contribution is 6.46. The Labute approximate surface area is 149 Å². The van der Waals surface area contributed by atoms with Crippen molar-refractivity contribution >= 4 is 29.2 Å². The molecule has 4 rings (SSSR count). The Kier molecular flexibility index (Phi) is 3.96. The first-order valence-corrected chi connectivity index (χ1v) is 8.14. The lowest BCUT2D eigenvalue weighted by Crippen LogP contribution is -2.36. The first-order chi connectivity index (χ1) is 12.7. The molecule has 2 aliphatic rings. The lowest BCUT2D eigenvalue weighted by Gasteiger charge is -2.15. The highest BCUT2D eigenvalue weighted by atomic mass is 16.5. The molecule has 2 aromatic carbocycles. The zero-order valence-corrected chi connectivity index (χ0v) is 13.7. The van der Waals surface area contributed by atoms with Gasteiger partial charge in [0.25, 0.3) is 5.91 Å². The van der Waals surface area contributed by atoms with Crippen LogP contribution in [0.4, 0.5) is 5.69 Å². The fraction of sp³-hybridized carbons (Fsp3) is 0.158. The molecular weight excluding hydrogens is 334 g/mol. The van der Waals surface area contributed by atoms with Crippen LogP contribution < -0.4 is 10.3 Å². The van der Waals surface area contributed by atoms with E-state index in [-0.39, 0.29) is 12.3 Å². The third kappa shape index (κ3) is 2.63. The predicted molar refractivity (Wildman–Crippen MR) is 93.0 cm³/mol. The molecule has 0 bridgehead atoms. The van der Waals surface area contributed by atoms with E-state index in [1.54, 1.807) is 30.3 Å². The lowest BCUT2D eigenvalue weighted by atomic mass is 9.99. The molecule has 0 saturated carbocycles. The van der Waals surface area contributed by atoms with Gasteiger partial charge >= 0.3 is 5.97 Å². The van der Waals surface area contributed by atoms with E-state index in [9.17, 15) is 14.4 Å². The van der Waals surface area contributed by atoms with Crippen molar-refractivity contribution in [1.29, 1.82) is 0 Å². The zero-order chi connectivity index (χ0) is 18.1. The molecule has 2 heterocycles. The minimum Gasteiger partial charge on any atom is -0.456 e. The number of hydrogen-bond donors (Lipinski definition) is 1. The summed E-state index contributed by atoms with van der Waals surface area (Å²) in [7, 11) is 0. The fourth-order valence-corrected chi connectivity index (χ4v) is 3.09. The van der Waals surface area contributed by atoms with Gasteiger partial charge in [0.2, 0.25) is 5.91 Å². The van der Waals surface area contributed by atoms with Gasteiger partial charge in [0, 0.05) is 0 Å². The Morgan fingerprint density at radius 2 is 1.65 bits per heavy atom. The second kappa shape index (κ2) is 6.44. The van der Waals surface area contributed by atoms with Crippen LogP contribution in [0.2, 0.25) is 0 Å². The number of anilines is 1. The number of fused-ring (bicyclic) bond motifs is 1. The molecule has 1 fully saturated rings. The molecule has 0 aliphatic carbocycles. The van der Waals surface area contributed by atoms with Crippen LogP contribution in [0, 0.1) is 5.92 Å². The molecule has 7 nitrogen and oxygen atoms in total. The van der Waals surface area contributed by atoms with Gasteiger partial charge in [-0.25, -0.2) is 9.69 Å². The number of nitrogens with zero attached hydrogens (tertiary/aromatic N) is 2. The number of esters is 1. The van der Waals surface area contributed by atoms with E-state index in [0.717, 1.165) is 10.5 Å². The van der Waals surface area contributed by atoms with Gasteiger partial charge in [-0.2, -0.15) is 5.10 Å². The molecule has 1 N–H and O–H groups in total. The summed E-state index contributed by atoms with van der Waals surface area (Å²) < 4.78 is 5.25. The second-order valence-corrected chi connectivity index (χ2v) is 5.99. The number of para-hydroxylation sites is 1. The van der Waals surface area contributed by atoms with Gasteiger partial charge < -0.3 is 4.74 Å². The van der Waals surface area contributed by atoms with Crippen molar-refractivity contribution in [1.82, 2.24) is 5.43 Å². The molecule has 130 valence electrons. The van der Waals surface area contributed by atoms with Gasteiger partial charge in [-0.1, -0.05) is 48.5 Å². The number of hydrazone groups is 1. The second-order valence-electron chi connectivity index (χ2n) is 5.99. The maximum Gasteiger partial charge on any atom is 0.355 e. The molecule has 7 heteroatoms. The number of rotatable bonds is 4. The molecule has 1 saturated heterocycles. The standard InChI is InChI=1S/C19H15N3O4/c23-17-14-15(18(24)22(17)13-9-5-2-6-10-13)20-21-16(14)19(25)26-11-12-7-3-1-4-8-12/h1-10,14-15,20H,11H2/t14-,15-/m1/s1. The molecule has 2 aliphatic heterocycles. The highest BCUT2D eigenvalue weighted by Crippen LogP contribution is 2.30. The van der Waals surface area contributed by atoms with Crippen molar-refractivity contribution in [2.24, 2.45) is 11.0 Å². The number of imide groups is 1. The van der Waals surface area contributed by atoms with Crippen molar-refractivity contribution in [2.75, 3.05) is 4.90 Å². The number of amides is 2. The Hall–Kier alpha value is -3.48. The smallest absolute Gasteiger partial charge is 0.355 e. The van der Waals surface area contributed by atoms with Crippen LogP contribution >= 0.6 is 0 Å². The van der Waals surface area contributed by atoms with Crippen molar-refractivity contribution < 1.29 is 19.1 Å². The SMILES string of the molecule is O=C(OCc1ccccc1)C1=NN[C@H]2C(=O)N(c3ccccc3)C(=O)[C@@H]12. The van der Waals surface area contributed by atoms with E-state index in [2.05, 4.69) is 10.5 Å². The largest absolute Gasteiger partial charge is 0.456 e. The first kappa shape index (κ1) is 16.0. The topological polar surface area (TPSA) is 88.1 Å². The summed E-state index contributed by atoms with van der Waals surface area (Å²) in [5.41, 5.74) is 3.83. The van der Waals surface area contributed by atoms with Crippen molar-refractivity contribution in [2.45, 2.75) is 12.6 Å².